The molecule has 0 atom stereocenters. The molecule has 0 aliphatic rings. The van der Waals surface area contributed by atoms with Crippen LogP contribution in [0.1, 0.15) is 32.0 Å². The quantitative estimate of drug-likeness (QED) is 0.901. The second-order valence-corrected chi connectivity index (χ2v) is 5.71. The van der Waals surface area contributed by atoms with Gasteiger partial charge in [-0.25, -0.2) is 0 Å². The number of aromatic nitrogens is 2. The Kier molecular flexibility index (Phi) is 4.84. The van der Waals surface area contributed by atoms with Crippen LogP contribution in [0, 0.1) is 6.92 Å². The van der Waals surface area contributed by atoms with Crippen molar-refractivity contribution in [2.24, 2.45) is 0 Å². The Morgan fingerprint density at radius 3 is 2.65 bits per heavy atom. The number of rotatable bonds is 5. The van der Waals surface area contributed by atoms with Gasteiger partial charge in [0, 0.05) is 35.4 Å². The number of benzene rings is 1. The van der Waals surface area contributed by atoms with Gasteiger partial charge in [0.2, 0.25) is 0 Å². The van der Waals surface area contributed by atoms with E-state index in [2.05, 4.69) is 50.2 Å². The lowest BCUT2D eigenvalue weighted by Crippen LogP contribution is -2.21. The van der Waals surface area contributed by atoms with Gasteiger partial charge in [0.05, 0.1) is 6.20 Å². The van der Waals surface area contributed by atoms with Crippen LogP contribution in [0.15, 0.2) is 24.4 Å². The summed E-state index contributed by atoms with van der Waals surface area (Å²) in [4.78, 5) is 0. The molecule has 4 heteroatoms. The zero-order chi connectivity index (χ0) is 14.7. The van der Waals surface area contributed by atoms with Gasteiger partial charge in [0.15, 0.2) is 0 Å². The molecule has 2 aromatic rings. The molecule has 0 saturated heterocycles. The summed E-state index contributed by atoms with van der Waals surface area (Å²) in [6.45, 7) is 10.1. The van der Waals surface area contributed by atoms with Gasteiger partial charge in [-0.1, -0.05) is 37.6 Å². The van der Waals surface area contributed by atoms with E-state index in [1.807, 2.05) is 16.9 Å². The fourth-order valence-electron chi connectivity index (χ4n) is 2.22. The summed E-state index contributed by atoms with van der Waals surface area (Å²) in [5.74, 6) is 0. The van der Waals surface area contributed by atoms with Crippen LogP contribution in [0.4, 0.5) is 0 Å². The van der Waals surface area contributed by atoms with Crippen molar-refractivity contribution in [3.8, 4) is 11.1 Å². The summed E-state index contributed by atoms with van der Waals surface area (Å²) in [5.41, 5.74) is 4.58. The van der Waals surface area contributed by atoms with E-state index in [4.69, 9.17) is 11.6 Å². The minimum atomic E-state index is 0.454. The Labute approximate surface area is 126 Å². The van der Waals surface area contributed by atoms with Gasteiger partial charge in [0.25, 0.3) is 0 Å². The highest BCUT2D eigenvalue weighted by Gasteiger charge is 2.10. The molecular weight excluding hydrogens is 270 g/mol. The van der Waals surface area contributed by atoms with E-state index in [9.17, 15) is 0 Å². The van der Waals surface area contributed by atoms with Gasteiger partial charge < -0.3 is 5.32 Å². The average molecular weight is 292 g/mol. The maximum absolute atomic E-state index is 6.39. The third kappa shape index (κ3) is 3.22. The van der Waals surface area contributed by atoms with Crippen molar-refractivity contribution in [3.63, 3.8) is 0 Å². The lowest BCUT2D eigenvalue weighted by Gasteiger charge is -2.11. The number of nitrogens with one attached hydrogen (secondary N) is 1. The number of aryl methyl sites for hydroxylation is 1. The van der Waals surface area contributed by atoms with E-state index in [-0.39, 0.29) is 0 Å². The van der Waals surface area contributed by atoms with E-state index < -0.39 is 0 Å². The topological polar surface area (TPSA) is 29.9 Å². The first-order chi connectivity index (χ1) is 9.52. The van der Waals surface area contributed by atoms with Crippen molar-refractivity contribution < 1.29 is 0 Å². The van der Waals surface area contributed by atoms with Crippen LogP contribution in [0.25, 0.3) is 11.1 Å². The third-order valence-corrected chi connectivity index (χ3v) is 3.82. The number of hydrogen-bond acceptors (Lipinski definition) is 2. The molecule has 0 aliphatic carbocycles. The predicted molar refractivity (Wildman–Crippen MR) is 85.1 cm³/mol. The van der Waals surface area contributed by atoms with Crippen LogP contribution in [0.3, 0.4) is 0 Å². The highest BCUT2D eigenvalue weighted by Crippen LogP contribution is 2.28. The molecule has 0 fully saturated rings. The van der Waals surface area contributed by atoms with Crippen LogP contribution in [-0.4, -0.2) is 15.8 Å². The van der Waals surface area contributed by atoms with Crippen LogP contribution < -0.4 is 5.32 Å². The first-order valence-electron chi connectivity index (χ1n) is 7.07. The molecule has 0 unspecified atom stereocenters. The smallest absolute Gasteiger partial charge is 0.0571 e. The molecule has 1 aromatic carbocycles. The van der Waals surface area contributed by atoms with Gasteiger partial charge in [-0.3, -0.25) is 4.68 Å². The van der Waals surface area contributed by atoms with Crippen molar-refractivity contribution in [2.75, 3.05) is 0 Å². The fraction of sp³-hybridized carbons (Fsp3) is 0.438. The standard InChI is InChI=1S/C16H22ClN3/c1-5-20-12(4)15(10-19-20)13-6-7-14(16(17)8-13)9-18-11(2)3/h6-8,10-11,18H,5,9H2,1-4H3. The Morgan fingerprint density at radius 2 is 2.10 bits per heavy atom. The number of hydrogen-bond donors (Lipinski definition) is 1. The highest BCUT2D eigenvalue weighted by atomic mass is 35.5. The van der Waals surface area contributed by atoms with E-state index in [0.717, 1.165) is 34.8 Å². The molecule has 0 aliphatic heterocycles. The molecule has 3 nitrogen and oxygen atoms in total. The summed E-state index contributed by atoms with van der Waals surface area (Å²) in [6, 6.07) is 6.70. The summed E-state index contributed by atoms with van der Waals surface area (Å²) in [7, 11) is 0. The summed E-state index contributed by atoms with van der Waals surface area (Å²) < 4.78 is 2.00. The maximum Gasteiger partial charge on any atom is 0.0571 e. The fourth-order valence-corrected chi connectivity index (χ4v) is 2.47. The molecule has 0 bridgehead atoms. The third-order valence-electron chi connectivity index (χ3n) is 3.47. The molecule has 20 heavy (non-hydrogen) atoms. The Hall–Kier alpha value is -1.32. The second-order valence-electron chi connectivity index (χ2n) is 5.30. The minimum Gasteiger partial charge on any atom is -0.310 e. The molecule has 0 spiro atoms. The van der Waals surface area contributed by atoms with Crippen molar-refractivity contribution in [2.45, 2.75) is 46.8 Å². The monoisotopic (exact) mass is 291 g/mol. The first kappa shape index (κ1) is 15.1. The molecular formula is C16H22ClN3. The molecule has 0 amide bonds. The van der Waals surface area contributed by atoms with Crippen LogP contribution in [0.5, 0.6) is 0 Å². The van der Waals surface area contributed by atoms with Gasteiger partial charge in [-0.2, -0.15) is 5.10 Å². The van der Waals surface area contributed by atoms with E-state index >= 15 is 0 Å². The minimum absolute atomic E-state index is 0.454. The van der Waals surface area contributed by atoms with Crippen molar-refractivity contribution in [1.29, 1.82) is 0 Å². The lowest BCUT2D eigenvalue weighted by molar-refractivity contribution is 0.589. The number of nitrogens with zero attached hydrogens (tertiary/aromatic N) is 2. The zero-order valence-electron chi connectivity index (χ0n) is 12.6. The van der Waals surface area contributed by atoms with Crippen molar-refractivity contribution in [1.82, 2.24) is 15.1 Å². The summed E-state index contributed by atoms with van der Waals surface area (Å²) in [5, 5.41) is 8.57. The van der Waals surface area contributed by atoms with Crippen molar-refractivity contribution in [3.05, 3.63) is 40.7 Å². The molecule has 0 radical (unpaired) electrons. The Bertz CT molecular complexity index is 587. The Morgan fingerprint density at radius 1 is 1.35 bits per heavy atom. The molecule has 1 aromatic heterocycles. The van der Waals surface area contributed by atoms with Crippen LogP contribution in [-0.2, 0) is 13.1 Å². The van der Waals surface area contributed by atoms with E-state index in [1.165, 1.54) is 5.69 Å². The second kappa shape index (κ2) is 6.42. The molecule has 1 heterocycles. The molecule has 1 N–H and O–H groups in total. The highest BCUT2D eigenvalue weighted by molar-refractivity contribution is 6.31. The predicted octanol–water partition coefficient (Wildman–Crippen LogP) is 4.03. The number of halogens is 1. The largest absolute Gasteiger partial charge is 0.310 e. The van der Waals surface area contributed by atoms with E-state index in [0.29, 0.717) is 6.04 Å². The van der Waals surface area contributed by atoms with Gasteiger partial charge in [0.1, 0.15) is 0 Å². The first-order valence-corrected chi connectivity index (χ1v) is 7.45. The normalized spacial score (nSPS) is 11.3. The van der Waals surface area contributed by atoms with Crippen LogP contribution >= 0.6 is 11.6 Å². The van der Waals surface area contributed by atoms with E-state index in [1.54, 1.807) is 0 Å². The zero-order valence-corrected chi connectivity index (χ0v) is 13.3. The SMILES string of the molecule is CCn1ncc(-c2ccc(CNC(C)C)c(Cl)c2)c1C. The lowest BCUT2D eigenvalue weighted by atomic mass is 10.0. The van der Waals surface area contributed by atoms with Gasteiger partial charge in [-0.05, 0) is 31.0 Å². The summed E-state index contributed by atoms with van der Waals surface area (Å²) in [6.07, 6.45) is 1.91. The molecule has 2 rings (SSSR count). The molecule has 0 saturated carbocycles. The average Bonchev–Trinajstić information content (AvgIpc) is 2.78. The van der Waals surface area contributed by atoms with Crippen molar-refractivity contribution >= 4 is 11.6 Å². The summed E-state index contributed by atoms with van der Waals surface area (Å²) >= 11 is 6.39. The van der Waals surface area contributed by atoms with Gasteiger partial charge >= 0.3 is 0 Å². The molecule has 108 valence electrons. The van der Waals surface area contributed by atoms with Crippen LogP contribution in [0.2, 0.25) is 5.02 Å². The Balaban J connectivity index is 2.26. The maximum atomic E-state index is 6.39. The van der Waals surface area contributed by atoms with Gasteiger partial charge in [-0.15, -0.1) is 0 Å².